The second-order valence-electron chi connectivity index (χ2n) is 6.21. The van der Waals surface area contributed by atoms with Gasteiger partial charge in [0.2, 0.25) is 5.76 Å². The minimum absolute atomic E-state index is 0.0234. The molecule has 1 aromatic carbocycles. The number of furan rings is 1. The summed E-state index contributed by atoms with van der Waals surface area (Å²) < 4.78 is 33.0. The van der Waals surface area contributed by atoms with Crippen LogP contribution in [-0.4, -0.2) is 49.4 Å². The van der Waals surface area contributed by atoms with E-state index in [0.29, 0.717) is 17.7 Å². The highest BCUT2D eigenvalue weighted by Gasteiger charge is 2.29. The van der Waals surface area contributed by atoms with E-state index in [-0.39, 0.29) is 23.0 Å². The molecule has 1 aliphatic rings. The average molecular weight is 408 g/mol. The monoisotopic (exact) mass is 408 g/mol. The Labute approximate surface area is 159 Å². The highest BCUT2D eigenvalue weighted by atomic mass is 32.2. The molecule has 2 aromatic rings. The van der Waals surface area contributed by atoms with Gasteiger partial charge in [0.25, 0.3) is 11.6 Å². The van der Waals surface area contributed by atoms with E-state index in [2.05, 4.69) is 5.32 Å². The molecular formula is C17H16N2O8S. The third kappa shape index (κ3) is 4.74. The van der Waals surface area contributed by atoms with Gasteiger partial charge in [0.15, 0.2) is 16.4 Å². The lowest BCUT2D eigenvalue weighted by molar-refractivity contribution is -0.384. The van der Waals surface area contributed by atoms with E-state index in [1.54, 1.807) is 0 Å². The standard InChI is InChI=1S/C17H16N2O8S/c20-16(18-12-7-8-28(24,25)10-12)9-26-17(21)15-6-5-14(27-15)11-1-3-13(4-2-11)19(22)23/h1-6,12H,7-10H2,(H,18,20). The van der Waals surface area contributed by atoms with Crippen LogP contribution in [0.4, 0.5) is 5.69 Å². The van der Waals surface area contributed by atoms with Gasteiger partial charge < -0.3 is 14.5 Å². The molecule has 1 saturated heterocycles. The Morgan fingerprint density at radius 2 is 1.93 bits per heavy atom. The van der Waals surface area contributed by atoms with Gasteiger partial charge >= 0.3 is 5.97 Å². The van der Waals surface area contributed by atoms with Crippen molar-refractivity contribution in [3.05, 3.63) is 52.3 Å². The number of rotatable bonds is 6. The fraction of sp³-hybridized carbons (Fsp3) is 0.294. The van der Waals surface area contributed by atoms with Crippen LogP contribution in [0.3, 0.4) is 0 Å². The fourth-order valence-corrected chi connectivity index (χ4v) is 4.40. The summed E-state index contributed by atoms with van der Waals surface area (Å²) in [5.41, 5.74) is 0.459. The largest absolute Gasteiger partial charge is 0.450 e. The summed E-state index contributed by atoms with van der Waals surface area (Å²) in [6.45, 7) is -0.567. The van der Waals surface area contributed by atoms with E-state index in [1.165, 1.54) is 36.4 Å². The normalized spacial score (nSPS) is 17.8. The van der Waals surface area contributed by atoms with E-state index in [1.807, 2.05) is 0 Å². The van der Waals surface area contributed by atoms with Crippen LogP contribution in [0.5, 0.6) is 0 Å². The quantitative estimate of drug-likeness (QED) is 0.428. The van der Waals surface area contributed by atoms with Crippen molar-refractivity contribution in [2.75, 3.05) is 18.1 Å². The summed E-state index contributed by atoms with van der Waals surface area (Å²) in [6.07, 6.45) is 0.332. The molecule has 0 aliphatic carbocycles. The van der Waals surface area contributed by atoms with Gasteiger partial charge in [-0.1, -0.05) is 0 Å². The summed E-state index contributed by atoms with van der Waals surface area (Å²) in [6, 6.07) is 7.97. The summed E-state index contributed by atoms with van der Waals surface area (Å²) >= 11 is 0. The van der Waals surface area contributed by atoms with E-state index in [0.717, 1.165) is 0 Å². The number of carbonyl (C=O) groups excluding carboxylic acids is 2. The van der Waals surface area contributed by atoms with Crippen molar-refractivity contribution in [3.8, 4) is 11.3 Å². The minimum Gasteiger partial charge on any atom is -0.450 e. The molecule has 1 fully saturated rings. The predicted molar refractivity (Wildman–Crippen MR) is 96.3 cm³/mol. The lowest BCUT2D eigenvalue weighted by Crippen LogP contribution is -2.38. The molecule has 2 heterocycles. The number of nitro benzene ring substituents is 1. The van der Waals surface area contributed by atoms with Crippen molar-refractivity contribution in [2.45, 2.75) is 12.5 Å². The Morgan fingerprint density at radius 3 is 2.54 bits per heavy atom. The number of hydrogen-bond acceptors (Lipinski definition) is 8. The van der Waals surface area contributed by atoms with Crippen LogP contribution in [0.15, 0.2) is 40.8 Å². The van der Waals surface area contributed by atoms with Crippen LogP contribution < -0.4 is 5.32 Å². The van der Waals surface area contributed by atoms with E-state index in [4.69, 9.17) is 9.15 Å². The Balaban J connectivity index is 1.54. The van der Waals surface area contributed by atoms with Gasteiger partial charge in [-0.3, -0.25) is 14.9 Å². The highest BCUT2D eigenvalue weighted by molar-refractivity contribution is 7.91. The van der Waals surface area contributed by atoms with Crippen molar-refractivity contribution in [2.24, 2.45) is 0 Å². The number of hydrogen-bond donors (Lipinski definition) is 1. The maximum atomic E-state index is 12.0. The molecule has 28 heavy (non-hydrogen) atoms. The van der Waals surface area contributed by atoms with Crippen molar-refractivity contribution in [1.29, 1.82) is 0 Å². The molecule has 0 spiro atoms. The number of esters is 1. The molecule has 0 bridgehead atoms. The van der Waals surface area contributed by atoms with Crippen molar-refractivity contribution < 1.29 is 32.1 Å². The lowest BCUT2D eigenvalue weighted by atomic mass is 10.1. The topological polar surface area (TPSA) is 146 Å². The Hall–Kier alpha value is -3.21. The predicted octanol–water partition coefficient (Wildman–Crippen LogP) is 1.31. The van der Waals surface area contributed by atoms with Crippen LogP contribution in [0.1, 0.15) is 17.0 Å². The maximum Gasteiger partial charge on any atom is 0.374 e. The summed E-state index contributed by atoms with van der Waals surface area (Å²) in [5, 5.41) is 13.2. The van der Waals surface area contributed by atoms with Gasteiger partial charge in [-0.05, 0) is 30.7 Å². The van der Waals surface area contributed by atoms with Crippen LogP contribution in [0.25, 0.3) is 11.3 Å². The second kappa shape index (κ2) is 7.80. The first-order valence-corrected chi connectivity index (χ1v) is 10.1. The van der Waals surface area contributed by atoms with Crippen LogP contribution in [0.2, 0.25) is 0 Å². The molecule has 1 aliphatic heterocycles. The van der Waals surface area contributed by atoms with E-state index in [9.17, 15) is 28.1 Å². The molecule has 0 radical (unpaired) electrons. The van der Waals surface area contributed by atoms with E-state index >= 15 is 0 Å². The van der Waals surface area contributed by atoms with Crippen LogP contribution >= 0.6 is 0 Å². The molecule has 1 atom stereocenters. The number of amides is 1. The van der Waals surface area contributed by atoms with Crippen molar-refractivity contribution >= 4 is 27.4 Å². The van der Waals surface area contributed by atoms with Gasteiger partial charge in [-0.15, -0.1) is 0 Å². The fourth-order valence-electron chi connectivity index (χ4n) is 2.73. The minimum atomic E-state index is -3.12. The number of nitrogens with one attached hydrogen (secondary N) is 1. The zero-order chi connectivity index (χ0) is 20.3. The Kier molecular flexibility index (Phi) is 5.45. The third-order valence-electron chi connectivity index (χ3n) is 4.10. The van der Waals surface area contributed by atoms with Crippen molar-refractivity contribution in [1.82, 2.24) is 5.32 Å². The molecule has 10 nitrogen and oxygen atoms in total. The maximum absolute atomic E-state index is 12.0. The average Bonchev–Trinajstić information content (AvgIpc) is 3.26. The first kappa shape index (κ1) is 19.5. The molecule has 148 valence electrons. The van der Waals surface area contributed by atoms with Gasteiger partial charge in [-0.2, -0.15) is 0 Å². The first-order valence-electron chi connectivity index (χ1n) is 8.25. The zero-order valence-electron chi connectivity index (χ0n) is 14.5. The summed E-state index contributed by atoms with van der Waals surface area (Å²) in [4.78, 5) is 33.9. The number of ether oxygens (including phenoxy) is 1. The number of benzene rings is 1. The number of sulfone groups is 1. The van der Waals surface area contributed by atoms with Gasteiger partial charge in [0.1, 0.15) is 5.76 Å². The van der Waals surface area contributed by atoms with Gasteiger partial charge in [0, 0.05) is 23.7 Å². The number of nitro groups is 1. The molecular weight excluding hydrogens is 392 g/mol. The third-order valence-corrected chi connectivity index (χ3v) is 5.87. The smallest absolute Gasteiger partial charge is 0.374 e. The molecule has 1 unspecified atom stereocenters. The number of non-ortho nitro benzene ring substituents is 1. The number of nitrogens with zero attached hydrogens (tertiary/aromatic N) is 1. The Bertz CT molecular complexity index is 1010. The molecule has 1 N–H and O–H groups in total. The van der Waals surface area contributed by atoms with Crippen LogP contribution in [0, 0.1) is 10.1 Å². The van der Waals surface area contributed by atoms with Crippen LogP contribution in [-0.2, 0) is 19.4 Å². The van der Waals surface area contributed by atoms with Gasteiger partial charge in [0.05, 0.1) is 16.4 Å². The molecule has 1 aromatic heterocycles. The second-order valence-corrected chi connectivity index (χ2v) is 8.44. The molecule has 0 saturated carbocycles. The molecule has 1 amide bonds. The van der Waals surface area contributed by atoms with Gasteiger partial charge in [-0.25, -0.2) is 13.2 Å². The molecule has 11 heteroatoms. The Morgan fingerprint density at radius 1 is 1.21 bits per heavy atom. The van der Waals surface area contributed by atoms with E-state index < -0.39 is 39.3 Å². The lowest BCUT2D eigenvalue weighted by Gasteiger charge is -2.10. The first-order chi connectivity index (χ1) is 13.2. The van der Waals surface area contributed by atoms with Crippen molar-refractivity contribution in [3.63, 3.8) is 0 Å². The zero-order valence-corrected chi connectivity index (χ0v) is 15.3. The summed E-state index contributed by atoms with van der Waals surface area (Å²) in [5.74, 6) is -1.38. The highest BCUT2D eigenvalue weighted by Crippen LogP contribution is 2.24. The molecule has 3 rings (SSSR count). The SMILES string of the molecule is O=C(COC(=O)c1ccc(-c2ccc([N+](=O)[O-])cc2)o1)NC1CCS(=O)(=O)C1. The number of carbonyl (C=O) groups is 2. The summed E-state index contributed by atoms with van der Waals surface area (Å²) in [7, 11) is -3.12.